The summed E-state index contributed by atoms with van der Waals surface area (Å²) in [4.78, 5) is 12.4. The van der Waals surface area contributed by atoms with E-state index in [-0.39, 0.29) is 17.7 Å². The Balaban J connectivity index is 1.48. The number of carbonyl (C=O) groups is 1. The molecular formula is C23H24N4O3S. The third-order valence-corrected chi connectivity index (χ3v) is 5.96. The fourth-order valence-corrected chi connectivity index (χ4v) is 4.22. The summed E-state index contributed by atoms with van der Waals surface area (Å²) in [5.41, 5.74) is 1.74. The maximum atomic E-state index is 12.4. The SMILES string of the molecule is CCn1c(SCC(=O)NC(C)c2ccccc2)nnc1-c1cc2cccc(OC)c2o1. The van der Waals surface area contributed by atoms with E-state index in [9.17, 15) is 4.79 Å². The number of para-hydroxylation sites is 1. The summed E-state index contributed by atoms with van der Waals surface area (Å²) in [6.07, 6.45) is 0. The molecule has 8 heteroatoms. The lowest BCUT2D eigenvalue weighted by atomic mass is 10.1. The first-order valence-corrected chi connectivity index (χ1v) is 11.1. The number of rotatable bonds is 8. The van der Waals surface area contributed by atoms with Gasteiger partial charge in [0.25, 0.3) is 0 Å². The second kappa shape index (κ2) is 9.26. The van der Waals surface area contributed by atoms with Crippen LogP contribution < -0.4 is 10.1 Å². The molecule has 160 valence electrons. The summed E-state index contributed by atoms with van der Waals surface area (Å²) in [6, 6.07) is 17.5. The van der Waals surface area contributed by atoms with Crippen molar-refractivity contribution in [3.05, 3.63) is 60.2 Å². The average molecular weight is 437 g/mol. The van der Waals surface area contributed by atoms with Gasteiger partial charge in [-0.2, -0.15) is 0 Å². The molecule has 4 rings (SSSR count). The monoisotopic (exact) mass is 436 g/mol. The van der Waals surface area contributed by atoms with Crippen LogP contribution in [0.3, 0.4) is 0 Å². The van der Waals surface area contributed by atoms with Gasteiger partial charge in [0.1, 0.15) is 0 Å². The van der Waals surface area contributed by atoms with E-state index in [2.05, 4.69) is 15.5 Å². The van der Waals surface area contributed by atoms with Crippen LogP contribution in [0.25, 0.3) is 22.6 Å². The van der Waals surface area contributed by atoms with Gasteiger partial charge in [0.2, 0.25) is 11.7 Å². The number of benzene rings is 2. The molecule has 2 aromatic carbocycles. The van der Waals surface area contributed by atoms with Gasteiger partial charge < -0.3 is 14.5 Å². The van der Waals surface area contributed by atoms with Crippen LogP contribution in [0.15, 0.2) is 64.2 Å². The number of hydrogen-bond acceptors (Lipinski definition) is 6. The molecule has 0 bridgehead atoms. The number of hydrogen-bond donors (Lipinski definition) is 1. The predicted octanol–water partition coefficient (Wildman–Crippen LogP) is 4.69. The lowest BCUT2D eigenvalue weighted by Gasteiger charge is -2.14. The number of fused-ring (bicyclic) bond motifs is 1. The summed E-state index contributed by atoms with van der Waals surface area (Å²) >= 11 is 1.36. The maximum absolute atomic E-state index is 12.4. The standard InChI is InChI=1S/C23H24N4O3S/c1-4-27-22(19-13-17-11-8-12-18(29-3)21(17)30-19)25-26-23(27)31-14-20(28)24-15(2)16-9-6-5-7-10-16/h5-13,15H,4,14H2,1-3H3,(H,24,28). The summed E-state index contributed by atoms with van der Waals surface area (Å²) in [6.45, 7) is 4.64. The normalized spacial score (nSPS) is 12.1. The van der Waals surface area contributed by atoms with Crippen LogP contribution in [0, 0.1) is 0 Å². The summed E-state index contributed by atoms with van der Waals surface area (Å²) in [7, 11) is 1.62. The molecular weight excluding hydrogens is 412 g/mol. The molecule has 0 fully saturated rings. The van der Waals surface area contributed by atoms with Gasteiger partial charge in [-0.1, -0.05) is 54.2 Å². The molecule has 1 N–H and O–H groups in total. The number of nitrogens with one attached hydrogen (secondary N) is 1. The first kappa shape index (κ1) is 21.0. The quantitative estimate of drug-likeness (QED) is 0.404. The number of amides is 1. The second-order valence-corrected chi connectivity index (χ2v) is 7.97. The van der Waals surface area contributed by atoms with E-state index in [1.807, 2.05) is 73.0 Å². The van der Waals surface area contributed by atoms with Gasteiger partial charge in [-0.25, -0.2) is 0 Å². The van der Waals surface area contributed by atoms with Crippen LogP contribution in [0.1, 0.15) is 25.5 Å². The zero-order valence-corrected chi connectivity index (χ0v) is 18.5. The minimum absolute atomic E-state index is 0.0537. The van der Waals surface area contributed by atoms with Gasteiger partial charge in [0.05, 0.1) is 18.9 Å². The van der Waals surface area contributed by atoms with Crippen molar-refractivity contribution in [2.75, 3.05) is 12.9 Å². The van der Waals surface area contributed by atoms with Crippen molar-refractivity contribution in [3.8, 4) is 17.3 Å². The Bertz CT molecular complexity index is 1190. The van der Waals surface area contributed by atoms with E-state index in [1.54, 1.807) is 7.11 Å². The molecule has 7 nitrogen and oxygen atoms in total. The van der Waals surface area contributed by atoms with E-state index in [0.717, 1.165) is 10.9 Å². The Kier molecular flexibility index (Phi) is 6.27. The average Bonchev–Trinajstić information content (AvgIpc) is 3.41. The highest BCUT2D eigenvalue weighted by molar-refractivity contribution is 7.99. The molecule has 31 heavy (non-hydrogen) atoms. The van der Waals surface area contributed by atoms with Gasteiger partial charge in [0, 0.05) is 11.9 Å². The van der Waals surface area contributed by atoms with Crippen molar-refractivity contribution in [2.45, 2.75) is 31.6 Å². The van der Waals surface area contributed by atoms with Crippen molar-refractivity contribution < 1.29 is 13.9 Å². The summed E-state index contributed by atoms with van der Waals surface area (Å²) < 4.78 is 13.4. The number of methoxy groups -OCH3 is 1. The molecule has 2 aromatic heterocycles. The van der Waals surface area contributed by atoms with E-state index < -0.39 is 0 Å². The Morgan fingerprint density at radius 2 is 2.00 bits per heavy atom. The third-order valence-electron chi connectivity index (χ3n) is 4.99. The number of nitrogens with zero attached hydrogens (tertiary/aromatic N) is 3. The predicted molar refractivity (Wildman–Crippen MR) is 121 cm³/mol. The fraction of sp³-hybridized carbons (Fsp3) is 0.261. The van der Waals surface area contributed by atoms with Gasteiger partial charge in [-0.15, -0.1) is 10.2 Å². The molecule has 2 heterocycles. The minimum atomic E-state index is -0.0561. The lowest BCUT2D eigenvalue weighted by Crippen LogP contribution is -2.28. The lowest BCUT2D eigenvalue weighted by molar-refractivity contribution is -0.119. The molecule has 0 aliphatic heterocycles. The van der Waals surface area contributed by atoms with E-state index >= 15 is 0 Å². The number of carbonyl (C=O) groups excluding carboxylic acids is 1. The highest BCUT2D eigenvalue weighted by Crippen LogP contribution is 2.33. The van der Waals surface area contributed by atoms with Crippen molar-refractivity contribution in [3.63, 3.8) is 0 Å². The highest BCUT2D eigenvalue weighted by Gasteiger charge is 2.19. The molecule has 0 aliphatic carbocycles. The topological polar surface area (TPSA) is 82.2 Å². The highest BCUT2D eigenvalue weighted by atomic mass is 32.2. The Morgan fingerprint density at radius 1 is 1.19 bits per heavy atom. The van der Waals surface area contributed by atoms with Gasteiger partial charge in [0.15, 0.2) is 22.2 Å². The maximum Gasteiger partial charge on any atom is 0.230 e. The summed E-state index contributed by atoms with van der Waals surface area (Å²) in [5.74, 6) is 2.11. The van der Waals surface area contributed by atoms with Crippen LogP contribution in [-0.4, -0.2) is 33.5 Å². The van der Waals surface area contributed by atoms with Crippen molar-refractivity contribution in [2.24, 2.45) is 0 Å². The molecule has 0 saturated heterocycles. The van der Waals surface area contributed by atoms with Crippen LogP contribution in [0.4, 0.5) is 0 Å². The van der Waals surface area contributed by atoms with Gasteiger partial charge >= 0.3 is 0 Å². The van der Waals surface area contributed by atoms with Gasteiger partial charge in [-0.05, 0) is 31.5 Å². The zero-order chi connectivity index (χ0) is 21.8. The minimum Gasteiger partial charge on any atom is -0.493 e. The van der Waals surface area contributed by atoms with Crippen molar-refractivity contribution in [1.82, 2.24) is 20.1 Å². The molecule has 0 spiro atoms. The number of furan rings is 1. The Labute approximate surface area is 184 Å². The van der Waals surface area contributed by atoms with E-state index in [4.69, 9.17) is 9.15 Å². The molecule has 0 aliphatic rings. The van der Waals surface area contributed by atoms with Crippen LogP contribution in [-0.2, 0) is 11.3 Å². The van der Waals surface area contributed by atoms with E-state index in [1.165, 1.54) is 11.8 Å². The molecule has 0 saturated carbocycles. The van der Waals surface area contributed by atoms with Crippen LogP contribution >= 0.6 is 11.8 Å². The number of aromatic nitrogens is 3. The summed E-state index contributed by atoms with van der Waals surface area (Å²) in [5, 5.41) is 13.2. The second-order valence-electron chi connectivity index (χ2n) is 7.03. The first-order valence-electron chi connectivity index (χ1n) is 10.1. The largest absolute Gasteiger partial charge is 0.493 e. The zero-order valence-electron chi connectivity index (χ0n) is 17.7. The van der Waals surface area contributed by atoms with Crippen molar-refractivity contribution >= 4 is 28.6 Å². The Hall–Kier alpha value is -3.26. The van der Waals surface area contributed by atoms with Crippen molar-refractivity contribution in [1.29, 1.82) is 0 Å². The molecule has 1 amide bonds. The molecule has 4 aromatic rings. The fourth-order valence-electron chi connectivity index (χ4n) is 3.41. The number of thioether (sulfide) groups is 1. The Morgan fingerprint density at radius 3 is 2.74 bits per heavy atom. The molecule has 1 unspecified atom stereocenters. The van der Waals surface area contributed by atoms with E-state index in [0.29, 0.717) is 34.6 Å². The number of ether oxygens (including phenoxy) is 1. The molecule has 0 radical (unpaired) electrons. The van der Waals surface area contributed by atoms with Crippen LogP contribution in [0.5, 0.6) is 5.75 Å². The van der Waals surface area contributed by atoms with Crippen LogP contribution in [0.2, 0.25) is 0 Å². The third kappa shape index (κ3) is 4.44. The molecule has 1 atom stereocenters. The first-order chi connectivity index (χ1) is 15.1. The van der Waals surface area contributed by atoms with Gasteiger partial charge in [-0.3, -0.25) is 9.36 Å². The smallest absolute Gasteiger partial charge is 0.230 e.